The molecule has 2 saturated carbocycles. The summed E-state index contributed by atoms with van der Waals surface area (Å²) in [6.45, 7) is 1.95. The molecule has 5 rings (SSSR count). The molecule has 2 aromatic heterocycles. The van der Waals surface area contributed by atoms with E-state index in [1.165, 1.54) is 19.3 Å². The van der Waals surface area contributed by atoms with Crippen LogP contribution < -0.4 is 21.1 Å². The molecule has 0 amide bonds. The summed E-state index contributed by atoms with van der Waals surface area (Å²) in [5.74, 6) is 2.61. The fourth-order valence-electron chi connectivity index (χ4n) is 4.46. The van der Waals surface area contributed by atoms with Gasteiger partial charge in [0.15, 0.2) is 10.9 Å². The van der Waals surface area contributed by atoms with Gasteiger partial charge in [-0.3, -0.25) is 0 Å². The van der Waals surface area contributed by atoms with E-state index in [2.05, 4.69) is 25.6 Å². The van der Waals surface area contributed by atoms with E-state index in [4.69, 9.17) is 22.7 Å². The molecular formula is C22H26N6OS. The first-order chi connectivity index (χ1) is 14.5. The highest BCUT2D eigenvalue weighted by molar-refractivity contribution is 7.80. The second-order valence-corrected chi connectivity index (χ2v) is 9.08. The number of anilines is 1. The Morgan fingerprint density at radius 2 is 2.07 bits per heavy atom. The number of nitrogens with two attached hydrogens (primary N) is 1. The van der Waals surface area contributed by atoms with Gasteiger partial charge in [-0.2, -0.15) is 0 Å². The Labute approximate surface area is 181 Å². The van der Waals surface area contributed by atoms with E-state index in [-0.39, 0.29) is 17.1 Å². The van der Waals surface area contributed by atoms with Crippen LogP contribution in [0.5, 0.6) is 5.75 Å². The third-order valence-corrected chi connectivity index (χ3v) is 6.48. The van der Waals surface area contributed by atoms with Crippen LogP contribution in [0.1, 0.15) is 43.4 Å². The number of hydrogen-bond acceptors (Lipinski definition) is 5. The molecule has 0 radical (unpaired) electrons. The van der Waals surface area contributed by atoms with Crippen LogP contribution >= 0.6 is 12.2 Å². The molecule has 156 valence electrons. The van der Waals surface area contributed by atoms with E-state index in [0.29, 0.717) is 17.1 Å². The summed E-state index contributed by atoms with van der Waals surface area (Å²) < 4.78 is 6.07. The molecule has 7 nitrogen and oxygen atoms in total. The molecule has 0 aromatic carbocycles. The van der Waals surface area contributed by atoms with Crippen molar-refractivity contribution < 1.29 is 4.74 Å². The van der Waals surface area contributed by atoms with Crippen molar-refractivity contribution in [1.82, 2.24) is 15.3 Å². The molecule has 8 heteroatoms. The predicted octanol–water partition coefficient (Wildman–Crippen LogP) is 2.94. The maximum Gasteiger partial charge on any atom is 0.200 e. The van der Waals surface area contributed by atoms with Crippen molar-refractivity contribution in [3.05, 3.63) is 47.9 Å². The van der Waals surface area contributed by atoms with Gasteiger partial charge in [-0.05, 0) is 68.1 Å². The third kappa shape index (κ3) is 4.02. The van der Waals surface area contributed by atoms with Crippen LogP contribution in [0, 0.1) is 12.8 Å². The summed E-state index contributed by atoms with van der Waals surface area (Å²) in [5, 5.41) is 7.02. The average Bonchev–Trinajstić information content (AvgIpc) is 3.50. The van der Waals surface area contributed by atoms with Gasteiger partial charge in [-0.15, -0.1) is 0 Å². The first kappa shape index (κ1) is 19.4. The van der Waals surface area contributed by atoms with Crippen molar-refractivity contribution in [1.29, 1.82) is 0 Å². The van der Waals surface area contributed by atoms with Crippen LogP contribution in [0.3, 0.4) is 0 Å². The zero-order valence-corrected chi connectivity index (χ0v) is 17.8. The molecule has 0 bridgehead atoms. The van der Waals surface area contributed by atoms with Gasteiger partial charge >= 0.3 is 0 Å². The zero-order chi connectivity index (χ0) is 20.7. The molecule has 2 aliphatic carbocycles. The second kappa shape index (κ2) is 7.59. The van der Waals surface area contributed by atoms with Crippen LogP contribution in [0.2, 0.25) is 0 Å². The van der Waals surface area contributed by atoms with Crippen molar-refractivity contribution >= 4 is 29.0 Å². The highest BCUT2D eigenvalue weighted by Gasteiger charge is 2.56. The SMILES string of the molecule is Cc1cccnc1NC(=S)N=C(N)c1ccc(OC2CC3(C2)CC(C2CC2)N3)cn1. The number of hydrogen-bond donors (Lipinski definition) is 3. The van der Waals surface area contributed by atoms with Gasteiger partial charge in [0.2, 0.25) is 0 Å². The molecule has 1 saturated heterocycles. The van der Waals surface area contributed by atoms with Crippen LogP contribution in [0.4, 0.5) is 5.82 Å². The lowest BCUT2D eigenvalue weighted by molar-refractivity contribution is -0.0477. The molecule has 3 fully saturated rings. The van der Waals surface area contributed by atoms with E-state index in [1.54, 1.807) is 12.4 Å². The number of amidine groups is 1. The minimum Gasteiger partial charge on any atom is -0.489 e. The number of thiocarbonyl (C=S) groups is 1. The Balaban J connectivity index is 1.13. The molecule has 1 aliphatic heterocycles. The lowest BCUT2D eigenvalue weighted by Crippen LogP contribution is -2.72. The number of ether oxygens (including phenoxy) is 1. The Morgan fingerprint density at radius 3 is 2.73 bits per heavy atom. The van der Waals surface area contributed by atoms with E-state index in [9.17, 15) is 0 Å². The van der Waals surface area contributed by atoms with E-state index >= 15 is 0 Å². The highest BCUT2D eigenvalue weighted by Crippen LogP contribution is 2.50. The molecule has 2 aromatic rings. The topological polar surface area (TPSA) is 97.5 Å². The Kier molecular flexibility index (Phi) is 4.91. The lowest BCUT2D eigenvalue weighted by Gasteiger charge is -2.58. The monoisotopic (exact) mass is 422 g/mol. The molecule has 4 N–H and O–H groups in total. The van der Waals surface area contributed by atoms with Crippen LogP contribution in [-0.4, -0.2) is 38.6 Å². The van der Waals surface area contributed by atoms with Gasteiger partial charge in [0, 0.05) is 30.6 Å². The number of aliphatic imine (C=N–C) groups is 1. The molecule has 3 aliphatic rings. The summed E-state index contributed by atoms with van der Waals surface area (Å²) in [4.78, 5) is 12.9. The molecular weight excluding hydrogens is 396 g/mol. The molecule has 3 heterocycles. The Hall–Kier alpha value is -2.58. The first-order valence-corrected chi connectivity index (χ1v) is 10.9. The summed E-state index contributed by atoms with van der Waals surface area (Å²) in [6, 6.07) is 8.27. The molecule has 1 atom stereocenters. The standard InChI is InChI=1S/C22H26N6OS/c1-13-3-2-8-24-20(13)27-21(30)26-19(23)17-7-6-15(12-25-17)29-16-9-22(10-16)11-18(28-22)14-4-5-14/h2-3,6-8,12,14,16,18,28H,4-5,9-11H2,1H3,(H3,23,24,26,27,30). The van der Waals surface area contributed by atoms with E-state index in [1.807, 2.05) is 31.2 Å². The van der Waals surface area contributed by atoms with Crippen molar-refractivity contribution in [2.75, 3.05) is 5.32 Å². The zero-order valence-electron chi connectivity index (χ0n) is 17.0. The predicted molar refractivity (Wildman–Crippen MR) is 121 cm³/mol. The minimum absolute atomic E-state index is 0.244. The van der Waals surface area contributed by atoms with Crippen LogP contribution in [-0.2, 0) is 0 Å². The largest absolute Gasteiger partial charge is 0.489 e. The van der Waals surface area contributed by atoms with Gasteiger partial charge < -0.3 is 21.1 Å². The second-order valence-electron chi connectivity index (χ2n) is 8.70. The maximum absolute atomic E-state index is 6.07. The summed E-state index contributed by atoms with van der Waals surface area (Å²) in [6.07, 6.45) is 9.93. The summed E-state index contributed by atoms with van der Waals surface area (Å²) in [5.41, 5.74) is 7.95. The van der Waals surface area contributed by atoms with Crippen molar-refractivity contribution in [3.63, 3.8) is 0 Å². The third-order valence-electron chi connectivity index (χ3n) is 6.29. The number of aromatic nitrogens is 2. The minimum atomic E-state index is 0.244. The Bertz CT molecular complexity index is 973. The molecule has 1 unspecified atom stereocenters. The number of aryl methyl sites for hydroxylation is 1. The molecule has 1 spiro atoms. The van der Waals surface area contributed by atoms with Gasteiger partial charge in [0.1, 0.15) is 23.4 Å². The van der Waals surface area contributed by atoms with E-state index < -0.39 is 0 Å². The fourth-order valence-corrected chi connectivity index (χ4v) is 4.66. The smallest absolute Gasteiger partial charge is 0.200 e. The van der Waals surface area contributed by atoms with Crippen LogP contribution in [0.15, 0.2) is 41.7 Å². The Morgan fingerprint density at radius 1 is 1.27 bits per heavy atom. The average molecular weight is 423 g/mol. The fraction of sp³-hybridized carbons (Fsp3) is 0.455. The number of pyridine rings is 2. The number of rotatable bonds is 5. The van der Waals surface area contributed by atoms with Gasteiger partial charge in [0.05, 0.1) is 6.20 Å². The van der Waals surface area contributed by atoms with E-state index in [0.717, 1.165) is 36.1 Å². The summed E-state index contributed by atoms with van der Waals surface area (Å²) >= 11 is 5.27. The molecule has 30 heavy (non-hydrogen) atoms. The maximum atomic E-state index is 6.07. The quantitative estimate of drug-likeness (QED) is 0.387. The van der Waals surface area contributed by atoms with Gasteiger partial charge in [0.25, 0.3) is 0 Å². The van der Waals surface area contributed by atoms with Crippen molar-refractivity contribution in [2.24, 2.45) is 16.6 Å². The van der Waals surface area contributed by atoms with Crippen molar-refractivity contribution in [2.45, 2.75) is 56.7 Å². The number of nitrogens with one attached hydrogen (secondary N) is 2. The van der Waals surface area contributed by atoms with Gasteiger partial charge in [-0.25, -0.2) is 15.0 Å². The normalized spacial score (nSPS) is 27.8. The highest BCUT2D eigenvalue weighted by atomic mass is 32.1. The van der Waals surface area contributed by atoms with Crippen LogP contribution in [0.25, 0.3) is 0 Å². The van der Waals surface area contributed by atoms with Crippen molar-refractivity contribution in [3.8, 4) is 5.75 Å². The number of nitrogens with zero attached hydrogens (tertiary/aromatic N) is 3. The first-order valence-electron chi connectivity index (χ1n) is 10.5. The summed E-state index contributed by atoms with van der Waals surface area (Å²) in [7, 11) is 0. The lowest BCUT2D eigenvalue weighted by atomic mass is 9.64. The van der Waals surface area contributed by atoms with Gasteiger partial charge in [-0.1, -0.05) is 6.07 Å².